The molecule has 2 heterocycles. The van der Waals surface area contributed by atoms with E-state index in [-0.39, 0.29) is 12.2 Å². The highest BCUT2D eigenvalue weighted by molar-refractivity contribution is 6.34. The zero-order valence-electron chi connectivity index (χ0n) is 13.4. The van der Waals surface area contributed by atoms with Crippen molar-refractivity contribution in [3.05, 3.63) is 33.9 Å². The molecule has 1 amide bonds. The zero-order chi connectivity index (χ0) is 18.1. The van der Waals surface area contributed by atoms with Crippen LogP contribution in [0.3, 0.4) is 0 Å². The maximum absolute atomic E-state index is 12.7. The monoisotopic (exact) mass is 363 g/mol. The molecule has 0 aromatic carbocycles. The summed E-state index contributed by atoms with van der Waals surface area (Å²) in [6.45, 7) is 4.67. The van der Waals surface area contributed by atoms with Crippen LogP contribution in [0.5, 0.6) is 0 Å². The Labute approximate surface area is 141 Å². The standard InChI is InChI=1S/C14H17ClF3N5O/c1-8-7-9(2)23(20-8)6-4-5-19-13(24)11-10(15)12(14(16,17)18)21-22(11)3/h7H,4-6H2,1-3H3,(H,19,24). The number of nitrogens with one attached hydrogen (secondary N) is 1. The molecule has 0 atom stereocenters. The lowest BCUT2D eigenvalue weighted by Gasteiger charge is -2.07. The second kappa shape index (κ2) is 6.84. The van der Waals surface area contributed by atoms with Gasteiger partial charge in [0.25, 0.3) is 5.91 Å². The summed E-state index contributed by atoms with van der Waals surface area (Å²) in [6, 6.07) is 1.94. The number of carbonyl (C=O) groups is 1. The van der Waals surface area contributed by atoms with Crippen LogP contribution in [0, 0.1) is 13.8 Å². The lowest BCUT2D eigenvalue weighted by Crippen LogP contribution is -2.27. The number of hydrogen-bond acceptors (Lipinski definition) is 3. The zero-order valence-corrected chi connectivity index (χ0v) is 14.2. The normalized spacial score (nSPS) is 11.8. The van der Waals surface area contributed by atoms with E-state index in [2.05, 4.69) is 15.5 Å². The van der Waals surface area contributed by atoms with Crippen LogP contribution < -0.4 is 5.32 Å². The molecule has 132 valence electrons. The van der Waals surface area contributed by atoms with E-state index in [4.69, 9.17) is 11.6 Å². The molecule has 1 N–H and O–H groups in total. The van der Waals surface area contributed by atoms with Crippen molar-refractivity contribution in [1.82, 2.24) is 24.9 Å². The van der Waals surface area contributed by atoms with Crippen molar-refractivity contribution in [2.75, 3.05) is 6.54 Å². The first-order valence-electron chi connectivity index (χ1n) is 7.20. The highest BCUT2D eigenvalue weighted by Gasteiger charge is 2.39. The number of nitrogens with zero attached hydrogens (tertiary/aromatic N) is 4. The summed E-state index contributed by atoms with van der Waals surface area (Å²) < 4.78 is 40.9. The van der Waals surface area contributed by atoms with Gasteiger partial charge in [-0.3, -0.25) is 14.2 Å². The van der Waals surface area contributed by atoms with Gasteiger partial charge in [0.15, 0.2) is 5.69 Å². The number of halogens is 4. The molecular weight excluding hydrogens is 347 g/mol. The Kier molecular flexibility index (Phi) is 5.22. The van der Waals surface area contributed by atoms with Gasteiger partial charge in [0.1, 0.15) is 10.7 Å². The molecule has 0 unspecified atom stereocenters. The predicted molar refractivity (Wildman–Crippen MR) is 81.9 cm³/mol. The van der Waals surface area contributed by atoms with E-state index in [9.17, 15) is 18.0 Å². The van der Waals surface area contributed by atoms with Gasteiger partial charge in [0.2, 0.25) is 0 Å². The summed E-state index contributed by atoms with van der Waals surface area (Å²) in [7, 11) is 1.24. The van der Waals surface area contributed by atoms with Gasteiger partial charge in [-0.1, -0.05) is 11.6 Å². The smallest absolute Gasteiger partial charge is 0.351 e. The summed E-state index contributed by atoms with van der Waals surface area (Å²) in [5.74, 6) is -0.695. The topological polar surface area (TPSA) is 64.7 Å². The van der Waals surface area contributed by atoms with E-state index in [1.54, 1.807) is 4.68 Å². The van der Waals surface area contributed by atoms with Crippen LogP contribution in [-0.4, -0.2) is 32.0 Å². The molecule has 0 radical (unpaired) electrons. The van der Waals surface area contributed by atoms with Gasteiger partial charge in [-0.05, 0) is 26.3 Å². The van der Waals surface area contributed by atoms with Crippen LogP contribution in [0.1, 0.15) is 34.0 Å². The fourth-order valence-electron chi connectivity index (χ4n) is 2.34. The Balaban J connectivity index is 1.96. The summed E-state index contributed by atoms with van der Waals surface area (Å²) in [6.07, 6.45) is -4.13. The molecule has 10 heteroatoms. The summed E-state index contributed by atoms with van der Waals surface area (Å²) in [5.41, 5.74) is 0.329. The molecule has 0 spiro atoms. The van der Waals surface area contributed by atoms with Crippen molar-refractivity contribution in [2.45, 2.75) is 33.0 Å². The second-order valence-electron chi connectivity index (χ2n) is 5.39. The van der Waals surface area contributed by atoms with Crippen LogP contribution in [0.25, 0.3) is 0 Å². The fraction of sp³-hybridized carbons (Fsp3) is 0.500. The Morgan fingerprint density at radius 2 is 2.00 bits per heavy atom. The number of rotatable bonds is 5. The lowest BCUT2D eigenvalue weighted by molar-refractivity contribution is -0.141. The Bertz CT molecular complexity index is 750. The Morgan fingerprint density at radius 1 is 1.33 bits per heavy atom. The first kappa shape index (κ1) is 18.3. The average Bonchev–Trinajstić information content (AvgIpc) is 2.93. The van der Waals surface area contributed by atoms with Crippen molar-refractivity contribution in [3.63, 3.8) is 0 Å². The molecule has 0 aliphatic carbocycles. The maximum atomic E-state index is 12.7. The van der Waals surface area contributed by atoms with Crippen molar-refractivity contribution < 1.29 is 18.0 Å². The van der Waals surface area contributed by atoms with Gasteiger partial charge in [0.05, 0.1) is 5.69 Å². The minimum atomic E-state index is -4.71. The SMILES string of the molecule is Cc1cc(C)n(CCCNC(=O)c2c(Cl)c(C(F)(F)F)nn2C)n1. The molecule has 0 saturated carbocycles. The first-order chi connectivity index (χ1) is 11.1. The van der Waals surface area contributed by atoms with E-state index in [0.29, 0.717) is 13.0 Å². The quantitative estimate of drug-likeness (QED) is 0.831. The van der Waals surface area contributed by atoms with Crippen molar-refractivity contribution >= 4 is 17.5 Å². The average molecular weight is 364 g/mol. The van der Waals surface area contributed by atoms with E-state index in [1.165, 1.54) is 7.05 Å². The summed E-state index contributed by atoms with van der Waals surface area (Å²) >= 11 is 5.66. The fourth-order valence-corrected chi connectivity index (χ4v) is 2.69. The summed E-state index contributed by atoms with van der Waals surface area (Å²) in [5, 5.41) is 9.42. The highest BCUT2D eigenvalue weighted by Crippen LogP contribution is 2.35. The molecule has 0 fully saturated rings. The Hall–Kier alpha value is -2.03. The number of hydrogen-bond donors (Lipinski definition) is 1. The van der Waals surface area contributed by atoms with Gasteiger partial charge in [-0.2, -0.15) is 23.4 Å². The minimum Gasteiger partial charge on any atom is -0.351 e. The third-order valence-corrected chi connectivity index (χ3v) is 3.77. The predicted octanol–water partition coefficient (Wildman–Crippen LogP) is 2.73. The molecule has 0 bridgehead atoms. The van der Waals surface area contributed by atoms with E-state index in [0.717, 1.165) is 16.1 Å². The number of amides is 1. The maximum Gasteiger partial charge on any atom is 0.436 e. The van der Waals surface area contributed by atoms with Gasteiger partial charge in [-0.25, -0.2) is 0 Å². The number of carbonyl (C=O) groups excluding carboxylic acids is 1. The minimum absolute atomic E-state index is 0.278. The van der Waals surface area contributed by atoms with Crippen LogP contribution in [0.2, 0.25) is 5.02 Å². The van der Waals surface area contributed by atoms with Crippen LogP contribution in [0.15, 0.2) is 6.07 Å². The molecule has 6 nitrogen and oxygen atoms in total. The molecular formula is C14H17ClF3N5O. The van der Waals surface area contributed by atoms with Crippen molar-refractivity contribution in [1.29, 1.82) is 0 Å². The van der Waals surface area contributed by atoms with Crippen molar-refractivity contribution in [3.8, 4) is 0 Å². The largest absolute Gasteiger partial charge is 0.436 e. The third kappa shape index (κ3) is 3.89. The summed E-state index contributed by atoms with van der Waals surface area (Å²) in [4.78, 5) is 12.1. The van der Waals surface area contributed by atoms with Crippen LogP contribution in [0.4, 0.5) is 13.2 Å². The van der Waals surface area contributed by atoms with E-state index in [1.807, 2.05) is 19.9 Å². The second-order valence-corrected chi connectivity index (χ2v) is 5.77. The van der Waals surface area contributed by atoms with Gasteiger partial charge < -0.3 is 5.32 Å². The third-order valence-electron chi connectivity index (χ3n) is 3.41. The molecule has 0 aliphatic rings. The molecule has 0 aliphatic heterocycles. The first-order valence-corrected chi connectivity index (χ1v) is 7.58. The van der Waals surface area contributed by atoms with Gasteiger partial charge in [-0.15, -0.1) is 0 Å². The molecule has 0 saturated heterocycles. The van der Waals surface area contributed by atoms with Crippen LogP contribution in [-0.2, 0) is 19.8 Å². The van der Waals surface area contributed by atoms with Gasteiger partial charge in [0, 0.05) is 25.8 Å². The molecule has 2 aromatic rings. The number of aryl methyl sites for hydroxylation is 4. The molecule has 2 rings (SSSR count). The van der Waals surface area contributed by atoms with Crippen molar-refractivity contribution in [2.24, 2.45) is 7.05 Å². The van der Waals surface area contributed by atoms with Crippen LogP contribution >= 0.6 is 11.6 Å². The Morgan fingerprint density at radius 3 is 2.50 bits per heavy atom. The van der Waals surface area contributed by atoms with E-state index < -0.39 is 22.8 Å². The lowest BCUT2D eigenvalue weighted by atomic mass is 10.3. The highest BCUT2D eigenvalue weighted by atomic mass is 35.5. The number of aromatic nitrogens is 4. The van der Waals surface area contributed by atoms with E-state index >= 15 is 0 Å². The molecule has 2 aromatic heterocycles. The number of alkyl halides is 3. The van der Waals surface area contributed by atoms with Gasteiger partial charge >= 0.3 is 6.18 Å². The molecule has 24 heavy (non-hydrogen) atoms.